The number of aryl methyl sites for hydroxylation is 1. The van der Waals surface area contributed by atoms with Crippen LogP contribution in [0.3, 0.4) is 0 Å². The summed E-state index contributed by atoms with van der Waals surface area (Å²) in [7, 11) is 0. The molecule has 2 aromatic rings. The predicted octanol–water partition coefficient (Wildman–Crippen LogP) is 1.13. The second-order valence-electron chi connectivity index (χ2n) is 5.53. The first-order chi connectivity index (χ1) is 9.31. The molecule has 2 aliphatic rings. The fraction of sp³-hybridized carbons (Fsp3) is 0.500. The van der Waals surface area contributed by atoms with Crippen LogP contribution >= 0.6 is 0 Å². The van der Waals surface area contributed by atoms with Crippen molar-refractivity contribution in [2.75, 3.05) is 24.5 Å². The lowest BCUT2D eigenvalue weighted by atomic mass is 10.1. The van der Waals surface area contributed by atoms with E-state index in [1.165, 1.54) is 6.42 Å². The molecule has 0 aromatic carbocycles. The van der Waals surface area contributed by atoms with Crippen LogP contribution in [0.2, 0.25) is 0 Å². The van der Waals surface area contributed by atoms with Crippen molar-refractivity contribution in [1.29, 1.82) is 0 Å². The molecule has 0 saturated carbocycles. The van der Waals surface area contributed by atoms with E-state index in [-0.39, 0.29) is 0 Å². The molecule has 0 aliphatic carbocycles. The maximum atomic E-state index is 4.71. The summed E-state index contributed by atoms with van der Waals surface area (Å²) >= 11 is 0. The fourth-order valence-electron chi connectivity index (χ4n) is 3.32. The van der Waals surface area contributed by atoms with Crippen LogP contribution in [-0.2, 0) is 0 Å². The number of rotatable bonds is 1. The molecule has 2 aromatic heterocycles. The Bertz CT molecular complexity index is 614. The summed E-state index contributed by atoms with van der Waals surface area (Å²) < 4.78 is 0. The van der Waals surface area contributed by atoms with Crippen LogP contribution in [0, 0.1) is 12.8 Å². The van der Waals surface area contributed by atoms with Gasteiger partial charge in [-0.1, -0.05) is 0 Å². The van der Waals surface area contributed by atoms with Crippen LogP contribution in [0.15, 0.2) is 18.5 Å². The number of anilines is 1. The van der Waals surface area contributed by atoms with Gasteiger partial charge in [0, 0.05) is 37.2 Å². The third-order valence-corrected chi connectivity index (χ3v) is 4.23. The van der Waals surface area contributed by atoms with Crippen molar-refractivity contribution in [3.63, 3.8) is 0 Å². The molecule has 2 saturated heterocycles. The van der Waals surface area contributed by atoms with Gasteiger partial charge in [0.1, 0.15) is 5.52 Å². The van der Waals surface area contributed by atoms with Gasteiger partial charge in [-0.15, -0.1) is 0 Å². The van der Waals surface area contributed by atoms with Crippen molar-refractivity contribution in [3.8, 4) is 0 Å². The van der Waals surface area contributed by atoms with Crippen LogP contribution in [0.5, 0.6) is 0 Å². The highest BCUT2D eigenvalue weighted by molar-refractivity contribution is 5.86. The molecule has 0 bridgehead atoms. The lowest BCUT2D eigenvalue weighted by Gasteiger charge is -2.20. The molecule has 2 aliphatic heterocycles. The minimum absolute atomic E-state index is 0.619. The molecule has 0 amide bonds. The summed E-state index contributed by atoms with van der Waals surface area (Å²) in [4.78, 5) is 15.9. The normalized spacial score (nSPS) is 26.1. The predicted molar refractivity (Wildman–Crippen MR) is 74.2 cm³/mol. The number of hydrogen-bond donors (Lipinski definition) is 1. The van der Waals surface area contributed by atoms with Gasteiger partial charge >= 0.3 is 0 Å². The molecule has 19 heavy (non-hydrogen) atoms. The van der Waals surface area contributed by atoms with E-state index in [0.717, 1.165) is 48.1 Å². The Hall–Kier alpha value is -1.75. The van der Waals surface area contributed by atoms with Crippen molar-refractivity contribution >= 4 is 16.9 Å². The van der Waals surface area contributed by atoms with E-state index in [9.17, 15) is 0 Å². The van der Waals surface area contributed by atoms with Crippen molar-refractivity contribution < 1.29 is 0 Å². The molecule has 2 fully saturated rings. The third kappa shape index (κ3) is 1.76. The van der Waals surface area contributed by atoms with Crippen molar-refractivity contribution in [3.05, 3.63) is 24.2 Å². The summed E-state index contributed by atoms with van der Waals surface area (Å²) in [6.45, 7) is 5.30. The zero-order valence-corrected chi connectivity index (χ0v) is 11.0. The number of pyridine rings is 1. The largest absolute Gasteiger partial charge is 0.353 e. The van der Waals surface area contributed by atoms with Gasteiger partial charge in [-0.2, -0.15) is 0 Å². The van der Waals surface area contributed by atoms with Crippen LogP contribution in [0.25, 0.3) is 11.0 Å². The molecule has 98 valence electrons. The standard InChI is InChI=1S/C14H17N5/c1-9-6-11-13(17-5-4-16-11)14(18-9)19-7-10-2-3-15-12(10)8-19/h4-6,10,12,15H,2-3,7-8H2,1H3. The first-order valence-electron chi connectivity index (χ1n) is 6.88. The van der Waals surface area contributed by atoms with Gasteiger partial charge in [0.15, 0.2) is 5.82 Å². The Kier molecular flexibility index (Phi) is 2.41. The Morgan fingerprint density at radius 1 is 1.26 bits per heavy atom. The molecule has 4 rings (SSSR count). The van der Waals surface area contributed by atoms with E-state index in [2.05, 4.69) is 20.2 Å². The van der Waals surface area contributed by atoms with Crippen LogP contribution < -0.4 is 10.2 Å². The molecule has 0 spiro atoms. The average Bonchev–Trinajstić information content (AvgIpc) is 2.98. The topological polar surface area (TPSA) is 53.9 Å². The molecule has 2 atom stereocenters. The number of hydrogen-bond acceptors (Lipinski definition) is 5. The number of aromatic nitrogens is 3. The van der Waals surface area contributed by atoms with Gasteiger partial charge in [0.2, 0.25) is 0 Å². The van der Waals surface area contributed by atoms with E-state index in [1.54, 1.807) is 12.4 Å². The highest BCUT2D eigenvalue weighted by Gasteiger charge is 2.37. The number of nitrogens with one attached hydrogen (secondary N) is 1. The van der Waals surface area contributed by atoms with Crippen molar-refractivity contribution in [2.24, 2.45) is 5.92 Å². The quantitative estimate of drug-likeness (QED) is 0.828. The van der Waals surface area contributed by atoms with E-state index in [0.29, 0.717) is 6.04 Å². The van der Waals surface area contributed by atoms with Crippen molar-refractivity contribution in [2.45, 2.75) is 19.4 Å². The summed E-state index contributed by atoms with van der Waals surface area (Å²) in [6, 6.07) is 2.62. The lowest BCUT2D eigenvalue weighted by Crippen LogP contribution is -2.30. The minimum atomic E-state index is 0.619. The average molecular weight is 255 g/mol. The van der Waals surface area contributed by atoms with Gasteiger partial charge in [-0.25, -0.2) is 9.97 Å². The van der Waals surface area contributed by atoms with Gasteiger partial charge < -0.3 is 10.2 Å². The molecular formula is C14H17N5. The highest BCUT2D eigenvalue weighted by Crippen LogP contribution is 2.31. The van der Waals surface area contributed by atoms with Crippen molar-refractivity contribution in [1.82, 2.24) is 20.3 Å². The van der Waals surface area contributed by atoms with Gasteiger partial charge in [0.25, 0.3) is 0 Å². The molecule has 5 nitrogen and oxygen atoms in total. The molecule has 1 N–H and O–H groups in total. The molecule has 5 heteroatoms. The zero-order chi connectivity index (χ0) is 12.8. The SMILES string of the molecule is Cc1cc2nccnc2c(N2CC3CCNC3C2)n1. The fourth-order valence-corrected chi connectivity index (χ4v) is 3.32. The van der Waals surface area contributed by atoms with Crippen LogP contribution in [-0.4, -0.2) is 40.6 Å². The van der Waals surface area contributed by atoms with E-state index < -0.39 is 0 Å². The van der Waals surface area contributed by atoms with Gasteiger partial charge in [-0.3, -0.25) is 4.98 Å². The summed E-state index contributed by atoms with van der Waals surface area (Å²) in [6.07, 6.45) is 4.76. The Morgan fingerprint density at radius 3 is 3.05 bits per heavy atom. The highest BCUT2D eigenvalue weighted by atomic mass is 15.3. The molecule has 2 unspecified atom stereocenters. The van der Waals surface area contributed by atoms with Gasteiger partial charge in [0.05, 0.1) is 5.52 Å². The second-order valence-corrected chi connectivity index (χ2v) is 5.53. The maximum Gasteiger partial charge on any atom is 0.157 e. The first-order valence-corrected chi connectivity index (χ1v) is 6.88. The second kappa shape index (κ2) is 4.13. The zero-order valence-electron chi connectivity index (χ0n) is 11.0. The third-order valence-electron chi connectivity index (χ3n) is 4.23. The van der Waals surface area contributed by atoms with E-state index in [1.807, 2.05) is 13.0 Å². The molecule has 0 radical (unpaired) electrons. The first kappa shape index (κ1) is 11.1. The maximum absolute atomic E-state index is 4.71. The summed E-state index contributed by atoms with van der Waals surface area (Å²) in [5.41, 5.74) is 2.87. The Labute approximate surface area is 112 Å². The minimum Gasteiger partial charge on any atom is -0.353 e. The van der Waals surface area contributed by atoms with E-state index in [4.69, 9.17) is 4.98 Å². The van der Waals surface area contributed by atoms with Crippen LogP contribution in [0.4, 0.5) is 5.82 Å². The molecule has 4 heterocycles. The monoisotopic (exact) mass is 255 g/mol. The number of nitrogens with zero attached hydrogens (tertiary/aromatic N) is 4. The van der Waals surface area contributed by atoms with Gasteiger partial charge in [-0.05, 0) is 31.9 Å². The van der Waals surface area contributed by atoms with Crippen LogP contribution in [0.1, 0.15) is 12.1 Å². The molecular weight excluding hydrogens is 238 g/mol. The Balaban J connectivity index is 1.78. The summed E-state index contributed by atoms with van der Waals surface area (Å²) in [5, 5.41) is 3.58. The van der Waals surface area contributed by atoms with E-state index >= 15 is 0 Å². The smallest absolute Gasteiger partial charge is 0.157 e. The lowest BCUT2D eigenvalue weighted by molar-refractivity contribution is 0.556. The Morgan fingerprint density at radius 2 is 2.16 bits per heavy atom. The summed E-state index contributed by atoms with van der Waals surface area (Å²) in [5.74, 6) is 1.76. The number of fused-ring (bicyclic) bond motifs is 2.